The number of pyridine rings is 1. The summed E-state index contributed by atoms with van der Waals surface area (Å²) in [5, 5.41) is 3.23. The van der Waals surface area contributed by atoms with Gasteiger partial charge in [-0.3, -0.25) is 0 Å². The van der Waals surface area contributed by atoms with E-state index in [1.54, 1.807) is 0 Å². The van der Waals surface area contributed by atoms with Crippen LogP contribution in [0.15, 0.2) is 18.2 Å². The van der Waals surface area contributed by atoms with Gasteiger partial charge in [0.25, 0.3) is 0 Å². The van der Waals surface area contributed by atoms with Gasteiger partial charge in [-0.05, 0) is 44.7 Å². The van der Waals surface area contributed by atoms with Crippen LogP contribution in [0.1, 0.15) is 36.2 Å². The van der Waals surface area contributed by atoms with E-state index in [1.807, 2.05) is 32.2 Å². The van der Waals surface area contributed by atoms with Crippen molar-refractivity contribution in [2.24, 2.45) is 0 Å². The van der Waals surface area contributed by atoms with E-state index in [2.05, 4.69) is 15.3 Å². The van der Waals surface area contributed by atoms with E-state index < -0.39 is 0 Å². The molecule has 0 fully saturated rings. The largest absolute Gasteiger partial charge is 0.373 e. The molecule has 0 unspecified atom stereocenters. The van der Waals surface area contributed by atoms with Gasteiger partial charge in [0.1, 0.15) is 11.5 Å². The smallest absolute Gasteiger partial charge is 0.180 e. The Morgan fingerprint density at radius 1 is 1.00 bits per heavy atom. The second kappa shape index (κ2) is 5.57. The molecule has 0 aliphatic heterocycles. The molecule has 2 aromatic rings. The molecule has 3 rings (SSSR count). The molecule has 0 saturated heterocycles. The highest BCUT2D eigenvalue weighted by Gasteiger charge is 2.17. The van der Waals surface area contributed by atoms with Crippen LogP contribution in [0.5, 0.6) is 0 Å². The van der Waals surface area contributed by atoms with Crippen molar-refractivity contribution in [3.05, 3.63) is 35.2 Å². The van der Waals surface area contributed by atoms with Gasteiger partial charge in [-0.25, -0.2) is 15.0 Å². The molecule has 2 heterocycles. The van der Waals surface area contributed by atoms with Crippen LogP contribution in [0.3, 0.4) is 0 Å². The van der Waals surface area contributed by atoms with Gasteiger partial charge in [-0.1, -0.05) is 12.5 Å². The second-order valence-electron chi connectivity index (χ2n) is 5.30. The van der Waals surface area contributed by atoms with Crippen molar-refractivity contribution in [3.63, 3.8) is 0 Å². The van der Waals surface area contributed by atoms with Crippen LogP contribution in [0.25, 0.3) is 11.5 Å². The Kier molecular flexibility index (Phi) is 3.63. The summed E-state index contributed by atoms with van der Waals surface area (Å²) in [5.41, 5.74) is 4.34. The van der Waals surface area contributed by atoms with Gasteiger partial charge in [0.15, 0.2) is 5.82 Å². The van der Waals surface area contributed by atoms with Crippen molar-refractivity contribution in [1.29, 1.82) is 0 Å². The zero-order valence-electron chi connectivity index (χ0n) is 12.1. The molecule has 0 atom stereocenters. The number of anilines is 1. The summed E-state index contributed by atoms with van der Waals surface area (Å²) in [7, 11) is 1.93. The van der Waals surface area contributed by atoms with Crippen molar-refractivity contribution in [1.82, 2.24) is 15.0 Å². The summed E-state index contributed by atoms with van der Waals surface area (Å²) in [6.45, 7) is 1.99. The Balaban J connectivity index is 2.11. The van der Waals surface area contributed by atoms with Crippen molar-refractivity contribution >= 4 is 5.82 Å². The van der Waals surface area contributed by atoms with E-state index >= 15 is 0 Å². The van der Waals surface area contributed by atoms with E-state index in [0.717, 1.165) is 35.9 Å². The highest BCUT2D eigenvalue weighted by Crippen LogP contribution is 2.27. The molecule has 4 heteroatoms. The number of nitrogens with zero attached hydrogens (tertiary/aromatic N) is 3. The molecule has 0 bridgehead atoms. The molecular formula is C16H20N4. The fourth-order valence-electron chi connectivity index (χ4n) is 2.76. The Hall–Kier alpha value is -1.97. The summed E-state index contributed by atoms with van der Waals surface area (Å²) in [5.74, 6) is 1.70. The standard InChI is InChI=1S/C16H20N4/c1-11-7-6-10-14(18-11)16-19-13-9-5-3-4-8-12(13)15(17-2)20-16/h6-7,10H,3-5,8-9H2,1-2H3,(H,17,19,20). The summed E-state index contributed by atoms with van der Waals surface area (Å²) in [6.07, 6.45) is 5.84. The Morgan fingerprint density at radius 3 is 2.65 bits per heavy atom. The molecule has 0 spiro atoms. The second-order valence-corrected chi connectivity index (χ2v) is 5.30. The topological polar surface area (TPSA) is 50.7 Å². The molecule has 20 heavy (non-hydrogen) atoms. The minimum absolute atomic E-state index is 0.735. The first-order valence-electron chi connectivity index (χ1n) is 7.29. The van der Waals surface area contributed by atoms with Crippen LogP contribution < -0.4 is 5.32 Å². The third-order valence-corrected chi connectivity index (χ3v) is 3.79. The Labute approximate surface area is 119 Å². The monoisotopic (exact) mass is 268 g/mol. The van der Waals surface area contributed by atoms with Crippen LogP contribution in [0.2, 0.25) is 0 Å². The maximum atomic E-state index is 4.78. The van der Waals surface area contributed by atoms with E-state index in [4.69, 9.17) is 4.98 Å². The summed E-state index contributed by atoms with van der Waals surface area (Å²) < 4.78 is 0. The van der Waals surface area contributed by atoms with Gasteiger partial charge in [0, 0.05) is 24.0 Å². The summed E-state index contributed by atoms with van der Waals surface area (Å²) in [6, 6.07) is 5.97. The molecule has 0 amide bonds. The van der Waals surface area contributed by atoms with Crippen molar-refractivity contribution in [3.8, 4) is 11.5 Å². The quantitative estimate of drug-likeness (QED) is 0.850. The first-order valence-corrected chi connectivity index (χ1v) is 7.29. The van der Waals surface area contributed by atoms with Crippen LogP contribution in [-0.2, 0) is 12.8 Å². The highest BCUT2D eigenvalue weighted by atomic mass is 15.0. The third kappa shape index (κ3) is 2.50. The molecule has 1 aliphatic rings. The van der Waals surface area contributed by atoms with Gasteiger partial charge in [0.05, 0.1) is 0 Å². The van der Waals surface area contributed by atoms with Crippen molar-refractivity contribution in [2.45, 2.75) is 39.0 Å². The van der Waals surface area contributed by atoms with E-state index in [0.29, 0.717) is 0 Å². The predicted molar refractivity (Wildman–Crippen MR) is 80.8 cm³/mol. The first-order chi connectivity index (χ1) is 9.78. The molecule has 1 N–H and O–H groups in total. The first kappa shape index (κ1) is 13.0. The zero-order chi connectivity index (χ0) is 13.9. The van der Waals surface area contributed by atoms with Gasteiger partial charge in [-0.15, -0.1) is 0 Å². The van der Waals surface area contributed by atoms with Gasteiger partial charge >= 0.3 is 0 Å². The van der Waals surface area contributed by atoms with Crippen molar-refractivity contribution < 1.29 is 0 Å². The maximum absolute atomic E-state index is 4.78. The number of fused-ring (bicyclic) bond motifs is 1. The van der Waals surface area contributed by atoms with Crippen LogP contribution in [0.4, 0.5) is 5.82 Å². The van der Waals surface area contributed by atoms with Crippen LogP contribution in [-0.4, -0.2) is 22.0 Å². The Bertz CT molecular complexity index is 622. The van der Waals surface area contributed by atoms with Gasteiger partial charge < -0.3 is 5.32 Å². The van der Waals surface area contributed by atoms with Gasteiger partial charge in [-0.2, -0.15) is 0 Å². The lowest BCUT2D eigenvalue weighted by Crippen LogP contribution is -2.07. The third-order valence-electron chi connectivity index (χ3n) is 3.79. The maximum Gasteiger partial charge on any atom is 0.180 e. The normalized spacial score (nSPS) is 14.5. The van der Waals surface area contributed by atoms with Crippen LogP contribution in [0, 0.1) is 6.92 Å². The van der Waals surface area contributed by atoms with Crippen molar-refractivity contribution in [2.75, 3.05) is 12.4 Å². The molecule has 1 aliphatic carbocycles. The fraction of sp³-hybridized carbons (Fsp3) is 0.438. The lowest BCUT2D eigenvalue weighted by molar-refractivity contribution is 0.709. The number of aryl methyl sites for hydroxylation is 2. The highest BCUT2D eigenvalue weighted by molar-refractivity contribution is 5.57. The Morgan fingerprint density at radius 2 is 1.85 bits per heavy atom. The van der Waals surface area contributed by atoms with E-state index in [9.17, 15) is 0 Å². The molecule has 0 saturated carbocycles. The van der Waals surface area contributed by atoms with Gasteiger partial charge in [0.2, 0.25) is 0 Å². The number of hydrogen-bond donors (Lipinski definition) is 1. The molecule has 0 radical (unpaired) electrons. The molecule has 2 aromatic heterocycles. The molecular weight excluding hydrogens is 248 g/mol. The number of aromatic nitrogens is 3. The lowest BCUT2D eigenvalue weighted by Gasteiger charge is -2.12. The number of nitrogens with one attached hydrogen (secondary N) is 1. The molecule has 104 valence electrons. The zero-order valence-corrected chi connectivity index (χ0v) is 12.1. The van der Waals surface area contributed by atoms with E-state index in [-0.39, 0.29) is 0 Å². The molecule has 4 nitrogen and oxygen atoms in total. The molecule has 0 aromatic carbocycles. The number of hydrogen-bond acceptors (Lipinski definition) is 4. The minimum atomic E-state index is 0.735. The predicted octanol–water partition coefficient (Wildman–Crippen LogP) is 3.16. The SMILES string of the molecule is CNc1nc(-c2cccc(C)n2)nc2c1CCCCC2. The van der Waals surface area contributed by atoms with Crippen LogP contribution >= 0.6 is 0 Å². The average molecular weight is 268 g/mol. The fourth-order valence-corrected chi connectivity index (χ4v) is 2.76. The minimum Gasteiger partial charge on any atom is -0.373 e. The summed E-state index contributed by atoms with van der Waals surface area (Å²) in [4.78, 5) is 14.0. The summed E-state index contributed by atoms with van der Waals surface area (Å²) >= 11 is 0. The number of rotatable bonds is 2. The van der Waals surface area contributed by atoms with E-state index in [1.165, 1.54) is 30.5 Å². The lowest BCUT2D eigenvalue weighted by atomic mass is 10.1. The average Bonchev–Trinajstić information content (AvgIpc) is 2.71.